The van der Waals surface area contributed by atoms with Crippen molar-refractivity contribution in [1.82, 2.24) is 4.90 Å². The van der Waals surface area contributed by atoms with Gasteiger partial charge in [0.1, 0.15) is 6.10 Å². The lowest BCUT2D eigenvalue weighted by atomic mass is 9.76. The van der Waals surface area contributed by atoms with Crippen molar-refractivity contribution in [3.63, 3.8) is 0 Å². The van der Waals surface area contributed by atoms with Crippen LogP contribution in [0, 0.1) is 0 Å². The van der Waals surface area contributed by atoms with Crippen molar-refractivity contribution < 1.29 is 9.53 Å². The average Bonchev–Trinajstić information content (AvgIpc) is 3.04. The standard InChI is InChI=1S/C18H26N2O2.ClH/c1-18(14-6-3-2-4-7-14)10-5-11-20(13-18)17(21)16-9-8-15(12-19)22-16;/h2-4,6-7,15-16H,5,8-13,19H2,1H3;1H/t15-,16+,18?;/m1./s1. The van der Waals surface area contributed by atoms with Crippen LogP contribution in [0.25, 0.3) is 0 Å². The van der Waals surface area contributed by atoms with Gasteiger partial charge in [0.2, 0.25) is 0 Å². The first kappa shape index (κ1) is 18.2. The third kappa shape index (κ3) is 3.87. The highest BCUT2D eigenvalue weighted by Gasteiger charge is 2.38. The monoisotopic (exact) mass is 338 g/mol. The van der Waals surface area contributed by atoms with Crippen LogP contribution in [-0.2, 0) is 14.9 Å². The molecule has 2 aliphatic heterocycles. The molecular formula is C18H27ClN2O2. The Balaban J connectivity index is 0.00000192. The van der Waals surface area contributed by atoms with Gasteiger partial charge in [-0.15, -0.1) is 12.4 Å². The van der Waals surface area contributed by atoms with Crippen LogP contribution in [0.4, 0.5) is 0 Å². The van der Waals surface area contributed by atoms with Crippen LogP contribution in [0.1, 0.15) is 38.2 Å². The molecule has 5 heteroatoms. The number of benzene rings is 1. The van der Waals surface area contributed by atoms with Crippen molar-refractivity contribution in [2.75, 3.05) is 19.6 Å². The highest BCUT2D eigenvalue weighted by molar-refractivity contribution is 5.85. The van der Waals surface area contributed by atoms with Gasteiger partial charge in [0.25, 0.3) is 5.91 Å². The number of halogens is 1. The molecule has 0 bridgehead atoms. The molecule has 128 valence electrons. The molecule has 2 aliphatic rings. The van der Waals surface area contributed by atoms with Crippen molar-refractivity contribution in [3.8, 4) is 0 Å². The summed E-state index contributed by atoms with van der Waals surface area (Å²) in [5.74, 6) is 0.151. The van der Waals surface area contributed by atoms with Crippen LogP contribution in [0.15, 0.2) is 30.3 Å². The Hall–Kier alpha value is -1.10. The second kappa shape index (κ2) is 7.65. The van der Waals surface area contributed by atoms with E-state index in [0.29, 0.717) is 6.54 Å². The number of amides is 1. The van der Waals surface area contributed by atoms with Crippen LogP contribution in [0.2, 0.25) is 0 Å². The van der Waals surface area contributed by atoms with Gasteiger partial charge in [-0.05, 0) is 31.2 Å². The number of hydrogen-bond acceptors (Lipinski definition) is 3. The minimum absolute atomic E-state index is 0. The van der Waals surface area contributed by atoms with Gasteiger partial charge in [0.15, 0.2) is 0 Å². The number of carbonyl (C=O) groups excluding carboxylic acids is 1. The van der Waals surface area contributed by atoms with Gasteiger partial charge in [-0.2, -0.15) is 0 Å². The Kier molecular flexibility index (Phi) is 6.06. The van der Waals surface area contributed by atoms with E-state index in [0.717, 1.165) is 38.8 Å². The summed E-state index contributed by atoms with van der Waals surface area (Å²) in [6.07, 6.45) is 3.64. The molecule has 3 rings (SSSR count). The number of rotatable bonds is 3. The van der Waals surface area contributed by atoms with Crippen molar-refractivity contribution in [2.24, 2.45) is 5.73 Å². The molecule has 1 amide bonds. The van der Waals surface area contributed by atoms with E-state index in [1.165, 1.54) is 5.56 Å². The van der Waals surface area contributed by atoms with E-state index in [1.54, 1.807) is 0 Å². The molecule has 2 N–H and O–H groups in total. The lowest BCUT2D eigenvalue weighted by Gasteiger charge is -2.41. The lowest BCUT2D eigenvalue weighted by molar-refractivity contribution is -0.144. The Bertz CT molecular complexity index is 525. The Labute approximate surface area is 144 Å². The third-order valence-corrected chi connectivity index (χ3v) is 5.12. The van der Waals surface area contributed by atoms with Crippen LogP contribution >= 0.6 is 12.4 Å². The fourth-order valence-electron chi connectivity index (χ4n) is 3.77. The smallest absolute Gasteiger partial charge is 0.251 e. The maximum absolute atomic E-state index is 12.7. The number of likely N-dealkylation sites (tertiary alicyclic amines) is 1. The molecule has 2 fully saturated rings. The molecule has 23 heavy (non-hydrogen) atoms. The first-order chi connectivity index (χ1) is 10.6. The SMILES string of the molecule is CC1(c2ccccc2)CCCN(C(=O)[C@@H]2CC[C@H](CN)O2)C1.Cl. The van der Waals surface area contributed by atoms with Crippen molar-refractivity contribution in [3.05, 3.63) is 35.9 Å². The Morgan fingerprint density at radius 1 is 1.35 bits per heavy atom. The van der Waals surface area contributed by atoms with Crippen LogP contribution < -0.4 is 5.73 Å². The van der Waals surface area contributed by atoms with E-state index in [9.17, 15) is 4.79 Å². The van der Waals surface area contributed by atoms with Gasteiger partial charge in [-0.1, -0.05) is 37.3 Å². The minimum atomic E-state index is -0.285. The molecule has 1 aromatic rings. The molecule has 3 atom stereocenters. The largest absolute Gasteiger partial charge is 0.364 e. The fourth-order valence-corrected chi connectivity index (χ4v) is 3.77. The first-order valence-corrected chi connectivity index (χ1v) is 8.32. The highest BCUT2D eigenvalue weighted by atomic mass is 35.5. The second-order valence-electron chi connectivity index (χ2n) is 6.85. The number of nitrogens with two attached hydrogens (primary N) is 1. The number of carbonyl (C=O) groups is 1. The predicted molar refractivity (Wildman–Crippen MR) is 93.8 cm³/mol. The second-order valence-corrected chi connectivity index (χ2v) is 6.85. The van der Waals surface area contributed by atoms with Gasteiger partial charge in [0, 0.05) is 25.0 Å². The van der Waals surface area contributed by atoms with Crippen LogP contribution in [0.3, 0.4) is 0 Å². The molecule has 2 saturated heterocycles. The molecule has 0 saturated carbocycles. The summed E-state index contributed by atoms with van der Waals surface area (Å²) in [4.78, 5) is 14.7. The summed E-state index contributed by atoms with van der Waals surface area (Å²) in [6.45, 7) is 4.39. The molecule has 1 aromatic carbocycles. The van der Waals surface area contributed by atoms with Crippen molar-refractivity contribution in [1.29, 1.82) is 0 Å². The van der Waals surface area contributed by atoms with Gasteiger partial charge < -0.3 is 15.4 Å². The normalized spacial score (nSPS) is 30.8. The van der Waals surface area contributed by atoms with E-state index in [-0.39, 0.29) is 35.9 Å². The fraction of sp³-hybridized carbons (Fsp3) is 0.611. The van der Waals surface area contributed by atoms with E-state index in [2.05, 4.69) is 31.2 Å². The maximum Gasteiger partial charge on any atom is 0.251 e. The van der Waals surface area contributed by atoms with Gasteiger partial charge >= 0.3 is 0 Å². The molecule has 0 radical (unpaired) electrons. The predicted octanol–water partition coefficient (Wildman–Crippen LogP) is 2.49. The number of nitrogens with zero attached hydrogens (tertiary/aromatic N) is 1. The number of ether oxygens (including phenoxy) is 1. The number of piperidine rings is 1. The zero-order valence-electron chi connectivity index (χ0n) is 13.7. The number of hydrogen-bond donors (Lipinski definition) is 1. The van der Waals surface area contributed by atoms with Gasteiger partial charge in [0.05, 0.1) is 6.10 Å². The Morgan fingerprint density at radius 2 is 2.09 bits per heavy atom. The summed E-state index contributed by atoms with van der Waals surface area (Å²) in [5, 5.41) is 0. The van der Waals surface area contributed by atoms with Crippen molar-refractivity contribution in [2.45, 2.75) is 50.2 Å². The van der Waals surface area contributed by atoms with Gasteiger partial charge in [-0.25, -0.2) is 0 Å². The third-order valence-electron chi connectivity index (χ3n) is 5.12. The Morgan fingerprint density at radius 3 is 2.74 bits per heavy atom. The zero-order chi connectivity index (χ0) is 15.6. The van der Waals surface area contributed by atoms with E-state index < -0.39 is 0 Å². The molecule has 0 aliphatic carbocycles. The molecular weight excluding hydrogens is 312 g/mol. The first-order valence-electron chi connectivity index (χ1n) is 8.32. The highest BCUT2D eigenvalue weighted by Crippen LogP contribution is 2.34. The molecule has 4 nitrogen and oxygen atoms in total. The summed E-state index contributed by atoms with van der Waals surface area (Å²) in [5.41, 5.74) is 7.01. The summed E-state index contributed by atoms with van der Waals surface area (Å²) in [6, 6.07) is 10.5. The topological polar surface area (TPSA) is 55.6 Å². The molecule has 0 aromatic heterocycles. The summed E-state index contributed by atoms with van der Waals surface area (Å²) < 4.78 is 5.78. The van der Waals surface area contributed by atoms with Crippen LogP contribution in [-0.4, -0.2) is 42.6 Å². The van der Waals surface area contributed by atoms with E-state index in [4.69, 9.17) is 10.5 Å². The van der Waals surface area contributed by atoms with E-state index in [1.807, 2.05) is 11.0 Å². The van der Waals surface area contributed by atoms with Crippen molar-refractivity contribution >= 4 is 18.3 Å². The zero-order valence-corrected chi connectivity index (χ0v) is 14.6. The molecule has 0 spiro atoms. The van der Waals surface area contributed by atoms with Gasteiger partial charge in [-0.3, -0.25) is 4.79 Å². The quantitative estimate of drug-likeness (QED) is 0.921. The maximum atomic E-state index is 12.7. The summed E-state index contributed by atoms with van der Waals surface area (Å²) >= 11 is 0. The van der Waals surface area contributed by atoms with E-state index >= 15 is 0 Å². The summed E-state index contributed by atoms with van der Waals surface area (Å²) in [7, 11) is 0. The molecule has 1 unspecified atom stereocenters. The molecule has 2 heterocycles. The average molecular weight is 339 g/mol. The van der Waals surface area contributed by atoms with Crippen LogP contribution in [0.5, 0.6) is 0 Å². The minimum Gasteiger partial charge on any atom is -0.364 e. The lowest BCUT2D eigenvalue weighted by Crippen LogP contribution is -2.50.